The molecule has 0 aliphatic carbocycles. The first-order chi connectivity index (χ1) is 17.7. The highest BCUT2D eigenvalue weighted by atomic mass is 16.5. The molecule has 0 fully saturated rings. The predicted octanol–water partition coefficient (Wildman–Crippen LogP) is 5.06. The number of methoxy groups -OCH3 is 1. The fraction of sp³-hybridized carbons (Fsp3) is 0.0857. The van der Waals surface area contributed by atoms with Crippen molar-refractivity contribution in [2.45, 2.75) is 13.8 Å². The third kappa shape index (κ3) is 13.4. The van der Waals surface area contributed by atoms with Gasteiger partial charge in [0.25, 0.3) is 0 Å². The summed E-state index contributed by atoms with van der Waals surface area (Å²) in [6, 6.07) is 16.3. The highest BCUT2D eigenvalue weighted by molar-refractivity contribution is 5.66. The third-order valence-electron chi connectivity index (χ3n) is 3.74. The van der Waals surface area contributed by atoms with Gasteiger partial charge in [-0.2, -0.15) is 0 Å². The van der Waals surface area contributed by atoms with Crippen molar-refractivity contribution in [2.75, 3.05) is 7.11 Å². The van der Waals surface area contributed by atoms with Gasteiger partial charge >= 0.3 is 0 Å². The largest absolute Gasteiger partial charge is 0.497 e. The molecule has 2 aromatic rings. The average molecular weight is 457 g/mol. The Hall–Kier alpha value is -5.98. The zero-order valence-electron chi connectivity index (χ0n) is 20.3. The fourth-order valence-corrected chi connectivity index (χ4v) is 2.18. The van der Waals surface area contributed by atoms with Crippen molar-refractivity contribution in [3.63, 3.8) is 0 Å². The number of hydrogen-bond acceptors (Lipinski definition) is 1. The van der Waals surface area contributed by atoms with Crippen LogP contribution in [0.15, 0.2) is 55.1 Å². The van der Waals surface area contributed by atoms with E-state index in [0.717, 1.165) is 16.9 Å². The Morgan fingerprint density at radius 3 is 1.33 bits per heavy atom. The lowest BCUT2D eigenvalue weighted by Gasteiger charge is -2.05. The molecule has 2 aromatic carbocycles. The monoisotopic (exact) mass is 456 g/mol. The van der Waals surface area contributed by atoms with E-state index in [2.05, 4.69) is 143 Å². The molecule has 0 aliphatic rings. The van der Waals surface area contributed by atoms with Crippen molar-refractivity contribution in [1.82, 2.24) is 0 Å². The van der Waals surface area contributed by atoms with E-state index in [0.29, 0.717) is 0 Å². The summed E-state index contributed by atoms with van der Waals surface area (Å²) < 4.78 is 5.21. The molecule has 0 bridgehead atoms. The normalized spacial score (nSPS) is 6.53. The number of hydrogen-bond donors (Lipinski definition) is 0. The van der Waals surface area contributed by atoms with Crippen LogP contribution in [-0.2, 0) is 0 Å². The lowest BCUT2D eigenvalue weighted by atomic mass is 10.0. The van der Waals surface area contributed by atoms with Crippen LogP contribution >= 0.6 is 0 Å². The molecule has 0 aliphatic heterocycles. The van der Waals surface area contributed by atoms with E-state index in [4.69, 9.17) is 4.74 Å². The topological polar surface area (TPSA) is 9.23 Å². The highest BCUT2D eigenvalue weighted by Gasteiger charge is 1.98. The van der Waals surface area contributed by atoms with E-state index < -0.39 is 0 Å². The summed E-state index contributed by atoms with van der Waals surface area (Å²) >= 11 is 0. The molecule has 1 nitrogen and oxygen atoms in total. The lowest BCUT2D eigenvalue weighted by Crippen LogP contribution is -1.83. The van der Waals surface area contributed by atoms with Crippen LogP contribution in [0.25, 0.3) is 17.2 Å². The maximum Gasteiger partial charge on any atom is 0.119 e. The van der Waals surface area contributed by atoms with Crippen molar-refractivity contribution < 1.29 is 4.74 Å². The maximum atomic E-state index is 5.21. The van der Waals surface area contributed by atoms with Crippen LogP contribution in [0.3, 0.4) is 0 Å². The second-order valence-electron chi connectivity index (χ2n) is 6.06. The van der Waals surface area contributed by atoms with Crippen LogP contribution in [0.2, 0.25) is 0 Å². The molecule has 0 amide bonds. The Kier molecular flexibility index (Phi) is 15.3. The van der Waals surface area contributed by atoms with E-state index in [1.807, 2.05) is 24.3 Å². The molecule has 0 unspecified atom stereocenters. The maximum absolute atomic E-state index is 5.21. The van der Waals surface area contributed by atoms with Gasteiger partial charge in [-0.3, -0.25) is 0 Å². The van der Waals surface area contributed by atoms with E-state index in [1.54, 1.807) is 21.0 Å². The second kappa shape index (κ2) is 19.7. The minimum absolute atomic E-state index is 0.880. The van der Waals surface area contributed by atoms with Crippen molar-refractivity contribution in [1.29, 1.82) is 0 Å². The fourth-order valence-electron chi connectivity index (χ4n) is 2.18. The molecular formula is C35H20O. The van der Waals surface area contributed by atoms with Crippen molar-refractivity contribution >= 4 is 6.08 Å². The highest BCUT2D eigenvalue weighted by Crippen LogP contribution is 2.24. The van der Waals surface area contributed by atoms with Gasteiger partial charge in [0.05, 0.1) is 7.11 Å². The second-order valence-corrected chi connectivity index (χ2v) is 6.06. The Bertz CT molecular complexity index is 1550. The van der Waals surface area contributed by atoms with E-state index in [9.17, 15) is 0 Å². The summed E-state index contributed by atoms with van der Waals surface area (Å²) in [5.74, 6) is 46.5. The molecule has 1 heteroatoms. The first-order valence-electron chi connectivity index (χ1n) is 10.5. The van der Waals surface area contributed by atoms with Crippen LogP contribution < -0.4 is 4.74 Å². The summed E-state index contributed by atoms with van der Waals surface area (Å²) in [4.78, 5) is 0. The van der Waals surface area contributed by atoms with Gasteiger partial charge in [-0.1, -0.05) is 60.9 Å². The molecule has 0 aromatic heterocycles. The quantitative estimate of drug-likeness (QED) is 0.587. The third-order valence-corrected chi connectivity index (χ3v) is 3.74. The molecule has 0 saturated heterocycles. The molecule has 0 saturated carbocycles. The molecular weight excluding hydrogens is 436 g/mol. The van der Waals surface area contributed by atoms with Crippen LogP contribution in [0.1, 0.15) is 19.4 Å². The van der Waals surface area contributed by atoms with Gasteiger partial charge in [0, 0.05) is 0 Å². The Morgan fingerprint density at radius 1 is 0.556 bits per heavy atom. The summed E-state index contributed by atoms with van der Waals surface area (Å²) in [7, 11) is 1.68. The van der Waals surface area contributed by atoms with Crippen LogP contribution in [0, 0.1) is 107 Å². The van der Waals surface area contributed by atoms with Crippen LogP contribution in [0.5, 0.6) is 5.75 Å². The molecule has 0 radical (unpaired) electrons. The Labute approximate surface area is 215 Å². The number of rotatable bonds is 3. The van der Waals surface area contributed by atoms with Crippen molar-refractivity contribution in [3.8, 4) is 123 Å². The van der Waals surface area contributed by atoms with Crippen molar-refractivity contribution in [2.24, 2.45) is 0 Å². The Morgan fingerprint density at radius 2 is 0.972 bits per heavy atom. The predicted molar refractivity (Wildman–Crippen MR) is 150 cm³/mol. The van der Waals surface area contributed by atoms with Crippen LogP contribution in [0.4, 0.5) is 0 Å². The van der Waals surface area contributed by atoms with Crippen molar-refractivity contribution in [3.05, 3.63) is 60.7 Å². The molecule has 36 heavy (non-hydrogen) atoms. The molecule has 0 heterocycles. The summed E-state index contributed by atoms with van der Waals surface area (Å²) in [6.07, 6.45) is 1.84. The zero-order valence-corrected chi connectivity index (χ0v) is 20.3. The summed E-state index contributed by atoms with van der Waals surface area (Å²) in [6.45, 7) is 7.15. The zero-order chi connectivity index (χ0) is 26.1. The van der Waals surface area contributed by atoms with E-state index in [-0.39, 0.29) is 0 Å². The average Bonchev–Trinajstić information content (AvgIpc) is 2.93. The minimum atomic E-state index is 0.880. The van der Waals surface area contributed by atoms with Gasteiger partial charge in [-0.05, 0) is 137 Å². The van der Waals surface area contributed by atoms with Gasteiger partial charge in [0.1, 0.15) is 5.75 Å². The van der Waals surface area contributed by atoms with Crippen LogP contribution in [-0.4, -0.2) is 7.11 Å². The van der Waals surface area contributed by atoms with E-state index >= 15 is 0 Å². The first kappa shape index (κ1) is 28.1. The molecule has 166 valence electrons. The lowest BCUT2D eigenvalue weighted by molar-refractivity contribution is 0.415. The standard InChI is InChI=1S/C20H6.C15H14O/c1-3-5-7-9-11-13-15-17-19-20-18-16-14-12-10-8-6-4-2;1-3-12-7-9-13(10-8-12)14-5-4-6-15(11-14)16-2/h1-2H3;3-11H,1H2,2H3. The molecule has 0 spiro atoms. The number of ether oxygens (including phenoxy) is 1. The van der Waals surface area contributed by atoms with E-state index in [1.165, 1.54) is 5.56 Å². The summed E-state index contributed by atoms with van der Waals surface area (Å²) in [5.41, 5.74) is 3.48. The molecule has 0 N–H and O–H groups in total. The molecule has 0 atom stereocenters. The van der Waals surface area contributed by atoms with Gasteiger partial charge in [-0.25, -0.2) is 0 Å². The SMILES string of the molecule is C=Cc1ccc(-c2cccc(OC)c2)cc1.CC#CC#CC#CC#CC#CC#CC#CC#CC#CC. The van der Waals surface area contributed by atoms with Gasteiger partial charge in [0.2, 0.25) is 0 Å². The minimum Gasteiger partial charge on any atom is -0.497 e. The number of benzene rings is 2. The summed E-state index contributed by atoms with van der Waals surface area (Å²) in [5, 5.41) is 0. The van der Waals surface area contributed by atoms with Gasteiger partial charge < -0.3 is 4.74 Å². The molecule has 2 rings (SSSR count). The first-order valence-corrected chi connectivity index (χ1v) is 10.5. The Balaban J connectivity index is 0.000000367. The smallest absolute Gasteiger partial charge is 0.119 e. The van der Waals surface area contributed by atoms with Gasteiger partial charge in [-0.15, -0.1) is 0 Å². The van der Waals surface area contributed by atoms with Gasteiger partial charge in [0.15, 0.2) is 0 Å².